The molecule has 0 amide bonds. The largest absolute Gasteiger partial charge is 0.378 e. The molecule has 0 spiro atoms. The van der Waals surface area contributed by atoms with Gasteiger partial charge in [-0.3, -0.25) is 0 Å². The smallest absolute Gasteiger partial charge is 0.194 e. The number of imidazole rings is 1. The average molecular weight is 499 g/mol. The minimum absolute atomic E-state index is 0.108. The molecule has 0 aliphatic carbocycles. The number of aromatic amines is 1. The average Bonchev–Trinajstić information content (AvgIpc) is 3.57. The number of anilines is 1. The number of nitrogens with zero attached hydrogens (tertiary/aromatic N) is 5. The number of aromatic nitrogens is 5. The standard InChI is InChI=1S/C28H27FN6O2/c1-19-6-5-9-21(16-19)22-10-11-35(33-22)28-24(29)26(34-12-14-36-15-13-34)25-27(32-28)31-23(30-25)18-37-17-20-7-3-2-4-8-20/h2-11,16H,12-15,17-18H2,1H3,(H,30,31,32). The van der Waals surface area contributed by atoms with Crippen molar-refractivity contribution >= 4 is 16.9 Å². The first-order valence-corrected chi connectivity index (χ1v) is 12.3. The molecule has 6 rings (SSSR count). The normalized spacial score (nSPS) is 13.9. The molecule has 1 aliphatic heterocycles. The summed E-state index contributed by atoms with van der Waals surface area (Å²) >= 11 is 0. The molecule has 3 aromatic heterocycles. The zero-order valence-electron chi connectivity index (χ0n) is 20.5. The molecule has 4 heterocycles. The Kier molecular flexibility index (Phi) is 6.38. The van der Waals surface area contributed by atoms with Crippen LogP contribution in [0.25, 0.3) is 28.2 Å². The molecule has 188 valence electrons. The molecule has 5 aromatic rings. The monoisotopic (exact) mass is 498 g/mol. The lowest BCUT2D eigenvalue weighted by molar-refractivity contribution is 0.102. The lowest BCUT2D eigenvalue weighted by Crippen LogP contribution is -2.37. The van der Waals surface area contributed by atoms with Crippen LogP contribution in [0.5, 0.6) is 0 Å². The van der Waals surface area contributed by atoms with Crippen molar-refractivity contribution in [1.82, 2.24) is 24.7 Å². The van der Waals surface area contributed by atoms with Crippen molar-refractivity contribution in [3.05, 3.63) is 89.6 Å². The molecule has 1 aliphatic rings. The second-order valence-electron chi connectivity index (χ2n) is 9.07. The molecule has 2 aromatic carbocycles. The minimum atomic E-state index is -0.450. The number of H-pyrrole nitrogens is 1. The van der Waals surface area contributed by atoms with Crippen molar-refractivity contribution in [2.24, 2.45) is 0 Å². The fourth-order valence-corrected chi connectivity index (χ4v) is 4.57. The Morgan fingerprint density at radius 2 is 1.84 bits per heavy atom. The lowest BCUT2D eigenvalue weighted by Gasteiger charge is -2.29. The van der Waals surface area contributed by atoms with Gasteiger partial charge in [-0.1, -0.05) is 54.1 Å². The summed E-state index contributed by atoms with van der Waals surface area (Å²) in [4.78, 5) is 14.5. The van der Waals surface area contributed by atoms with E-state index in [1.165, 1.54) is 4.68 Å². The fourth-order valence-electron chi connectivity index (χ4n) is 4.57. The van der Waals surface area contributed by atoms with Crippen molar-refractivity contribution in [3.8, 4) is 17.1 Å². The van der Waals surface area contributed by atoms with Gasteiger partial charge < -0.3 is 19.4 Å². The molecule has 1 saturated heterocycles. The summed E-state index contributed by atoms with van der Waals surface area (Å²) in [5.41, 5.74) is 5.31. The number of halogens is 1. The summed E-state index contributed by atoms with van der Waals surface area (Å²) in [5.74, 6) is 0.246. The summed E-state index contributed by atoms with van der Waals surface area (Å²) < 4.78 is 29.0. The van der Waals surface area contributed by atoms with Crippen LogP contribution in [0.4, 0.5) is 10.1 Å². The van der Waals surface area contributed by atoms with Crippen LogP contribution in [0.3, 0.4) is 0 Å². The number of nitrogens with one attached hydrogen (secondary N) is 1. The summed E-state index contributed by atoms with van der Waals surface area (Å²) in [6, 6.07) is 19.8. The number of pyridine rings is 1. The molecule has 1 N–H and O–H groups in total. The number of morpholine rings is 1. The molecule has 0 saturated carbocycles. The van der Waals surface area contributed by atoms with E-state index in [9.17, 15) is 0 Å². The van der Waals surface area contributed by atoms with Gasteiger partial charge in [0.2, 0.25) is 0 Å². The molecule has 0 atom stereocenters. The maximum atomic E-state index is 16.1. The molecule has 0 bridgehead atoms. The minimum Gasteiger partial charge on any atom is -0.378 e. The SMILES string of the molecule is Cc1cccc(-c2ccn(-c3nc4nc(COCc5ccccc5)[nH]c4c(N4CCOCC4)c3F)n2)c1. The zero-order chi connectivity index (χ0) is 25.2. The molecule has 1 fully saturated rings. The van der Waals surface area contributed by atoms with Gasteiger partial charge in [-0.25, -0.2) is 19.0 Å². The van der Waals surface area contributed by atoms with E-state index in [1.807, 2.05) is 72.5 Å². The van der Waals surface area contributed by atoms with E-state index >= 15 is 4.39 Å². The van der Waals surface area contributed by atoms with E-state index in [-0.39, 0.29) is 12.4 Å². The molecular weight excluding hydrogens is 471 g/mol. The summed E-state index contributed by atoms with van der Waals surface area (Å²) in [6.07, 6.45) is 1.73. The van der Waals surface area contributed by atoms with E-state index in [0.717, 1.165) is 22.4 Å². The first-order valence-electron chi connectivity index (χ1n) is 12.3. The number of hydrogen-bond donors (Lipinski definition) is 1. The first-order chi connectivity index (χ1) is 18.2. The van der Waals surface area contributed by atoms with Gasteiger partial charge in [0.25, 0.3) is 0 Å². The summed E-state index contributed by atoms with van der Waals surface area (Å²) in [6.45, 7) is 4.94. The van der Waals surface area contributed by atoms with Crippen LogP contribution in [0, 0.1) is 12.7 Å². The van der Waals surface area contributed by atoms with Crippen LogP contribution in [-0.2, 0) is 22.7 Å². The van der Waals surface area contributed by atoms with E-state index in [4.69, 9.17) is 9.47 Å². The Labute approximate surface area is 213 Å². The fraction of sp³-hybridized carbons (Fsp3) is 0.250. The molecule has 9 heteroatoms. The number of ether oxygens (including phenoxy) is 2. The molecule has 0 unspecified atom stereocenters. The van der Waals surface area contributed by atoms with Crippen LogP contribution < -0.4 is 4.90 Å². The van der Waals surface area contributed by atoms with Gasteiger partial charge in [-0.2, -0.15) is 5.10 Å². The third-order valence-electron chi connectivity index (χ3n) is 6.38. The van der Waals surface area contributed by atoms with Crippen LogP contribution in [0.2, 0.25) is 0 Å². The highest BCUT2D eigenvalue weighted by Gasteiger charge is 2.26. The second kappa shape index (κ2) is 10.1. The number of benzene rings is 2. The van der Waals surface area contributed by atoms with Gasteiger partial charge in [0.05, 0.1) is 25.5 Å². The number of fused-ring (bicyclic) bond motifs is 1. The highest BCUT2D eigenvalue weighted by atomic mass is 19.1. The molecular formula is C28H27FN6O2. The predicted octanol–water partition coefficient (Wildman–Crippen LogP) is 4.81. The number of rotatable bonds is 7. The third kappa shape index (κ3) is 4.83. The maximum Gasteiger partial charge on any atom is 0.194 e. The van der Waals surface area contributed by atoms with Crippen molar-refractivity contribution in [3.63, 3.8) is 0 Å². The number of aryl methyl sites for hydroxylation is 1. The predicted molar refractivity (Wildman–Crippen MR) is 139 cm³/mol. The van der Waals surface area contributed by atoms with E-state index in [2.05, 4.69) is 20.1 Å². The van der Waals surface area contributed by atoms with Crippen molar-refractivity contribution in [1.29, 1.82) is 0 Å². The Bertz CT molecular complexity index is 1520. The Hall–Kier alpha value is -4.08. The van der Waals surface area contributed by atoms with Crippen molar-refractivity contribution in [2.75, 3.05) is 31.2 Å². The van der Waals surface area contributed by atoms with Crippen LogP contribution >= 0.6 is 0 Å². The lowest BCUT2D eigenvalue weighted by atomic mass is 10.1. The molecule has 0 radical (unpaired) electrons. The summed E-state index contributed by atoms with van der Waals surface area (Å²) in [7, 11) is 0. The van der Waals surface area contributed by atoms with E-state index in [1.54, 1.807) is 6.20 Å². The topological polar surface area (TPSA) is 81.1 Å². The van der Waals surface area contributed by atoms with Gasteiger partial charge >= 0.3 is 0 Å². The highest BCUT2D eigenvalue weighted by Crippen LogP contribution is 2.32. The van der Waals surface area contributed by atoms with Crippen molar-refractivity contribution < 1.29 is 13.9 Å². The van der Waals surface area contributed by atoms with Gasteiger partial charge in [-0.15, -0.1) is 0 Å². The zero-order valence-corrected chi connectivity index (χ0v) is 20.5. The van der Waals surface area contributed by atoms with Crippen LogP contribution in [0.1, 0.15) is 17.0 Å². The van der Waals surface area contributed by atoms with Gasteiger partial charge in [-0.05, 0) is 24.6 Å². The molecule has 8 nitrogen and oxygen atoms in total. The van der Waals surface area contributed by atoms with Gasteiger partial charge in [0.1, 0.15) is 23.6 Å². The van der Waals surface area contributed by atoms with Crippen LogP contribution in [-0.4, -0.2) is 51.0 Å². The Morgan fingerprint density at radius 1 is 1.00 bits per heavy atom. The van der Waals surface area contributed by atoms with Crippen molar-refractivity contribution in [2.45, 2.75) is 20.1 Å². The number of hydrogen-bond acceptors (Lipinski definition) is 6. The summed E-state index contributed by atoms with van der Waals surface area (Å²) in [5, 5.41) is 4.64. The Balaban J connectivity index is 1.36. The Morgan fingerprint density at radius 3 is 2.65 bits per heavy atom. The first kappa shape index (κ1) is 23.3. The van der Waals surface area contributed by atoms with E-state index < -0.39 is 5.82 Å². The van der Waals surface area contributed by atoms with E-state index in [0.29, 0.717) is 55.6 Å². The van der Waals surface area contributed by atoms with Gasteiger partial charge in [0, 0.05) is 24.8 Å². The quantitative estimate of drug-likeness (QED) is 0.347. The van der Waals surface area contributed by atoms with Gasteiger partial charge in [0.15, 0.2) is 17.3 Å². The molecule has 37 heavy (non-hydrogen) atoms. The maximum absolute atomic E-state index is 16.1. The second-order valence-corrected chi connectivity index (χ2v) is 9.07. The van der Waals surface area contributed by atoms with Crippen LogP contribution in [0.15, 0.2) is 66.9 Å². The third-order valence-corrected chi connectivity index (χ3v) is 6.38. The highest BCUT2D eigenvalue weighted by molar-refractivity contribution is 5.88.